The van der Waals surface area contributed by atoms with Gasteiger partial charge in [0.1, 0.15) is 6.04 Å². The maximum Gasteiger partial charge on any atom is 0.320 e. The van der Waals surface area contributed by atoms with Gasteiger partial charge in [-0.3, -0.25) is 9.59 Å². The first-order valence-electron chi connectivity index (χ1n) is 4.77. The summed E-state index contributed by atoms with van der Waals surface area (Å²) in [5, 5.41) is 16.2. The molecule has 6 heteroatoms. The van der Waals surface area contributed by atoms with Gasteiger partial charge in [-0.25, -0.2) is 0 Å². The normalized spacial score (nSPS) is 13.3. The van der Waals surface area contributed by atoms with Crippen LogP contribution in [0.15, 0.2) is 0 Å². The van der Waals surface area contributed by atoms with Crippen LogP contribution in [0.3, 0.4) is 0 Å². The third-order valence-electron chi connectivity index (χ3n) is 1.90. The molecule has 0 aromatic rings. The summed E-state index contributed by atoms with van der Waals surface area (Å²) in [4.78, 5) is 19.7. The fourth-order valence-electron chi connectivity index (χ4n) is 0.621. The van der Waals surface area contributed by atoms with E-state index >= 15 is 0 Å². The number of nitrogens with two attached hydrogens (primary N) is 2. The predicted molar refractivity (Wildman–Crippen MR) is 56.4 cm³/mol. The van der Waals surface area contributed by atoms with Crippen molar-refractivity contribution in [2.45, 2.75) is 32.7 Å². The molecular formula is C9H20N2O4. The van der Waals surface area contributed by atoms with E-state index in [1.54, 1.807) is 0 Å². The molecule has 6 nitrogen and oxygen atoms in total. The van der Waals surface area contributed by atoms with Crippen molar-refractivity contribution < 1.29 is 19.8 Å². The zero-order chi connectivity index (χ0) is 12.4. The number of hydrogen-bond acceptors (Lipinski definition) is 4. The van der Waals surface area contributed by atoms with E-state index in [1.807, 2.05) is 13.8 Å². The van der Waals surface area contributed by atoms with E-state index in [0.717, 1.165) is 6.42 Å². The van der Waals surface area contributed by atoms with Crippen LogP contribution in [0.1, 0.15) is 26.7 Å². The van der Waals surface area contributed by atoms with E-state index in [-0.39, 0.29) is 18.9 Å². The lowest BCUT2D eigenvalue weighted by atomic mass is 10.0. The lowest BCUT2D eigenvalue weighted by molar-refractivity contribution is -0.140. The van der Waals surface area contributed by atoms with Crippen LogP contribution in [0.5, 0.6) is 0 Å². The van der Waals surface area contributed by atoms with Crippen molar-refractivity contribution in [2.75, 3.05) is 6.54 Å². The van der Waals surface area contributed by atoms with Gasteiger partial charge in [-0.2, -0.15) is 0 Å². The Balaban J connectivity index is 0. The average Bonchev–Trinajstić information content (AvgIpc) is 2.16. The number of carbonyl (C=O) groups is 2. The van der Waals surface area contributed by atoms with Gasteiger partial charge in [0.2, 0.25) is 0 Å². The van der Waals surface area contributed by atoms with E-state index in [0.29, 0.717) is 0 Å². The number of aliphatic carboxylic acids is 2. The SMILES string of the molecule is CC[C@H](C)[C@H](N)C(=O)O.NCCC(=O)O. The lowest BCUT2D eigenvalue weighted by Crippen LogP contribution is -2.36. The Morgan fingerprint density at radius 2 is 1.80 bits per heavy atom. The molecule has 0 aromatic heterocycles. The number of carboxylic acid groups (broad SMARTS) is 2. The zero-order valence-corrected chi connectivity index (χ0v) is 9.14. The van der Waals surface area contributed by atoms with Gasteiger partial charge < -0.3 is 21.7 Å². The Morgan fingerprint density at radius 1 is 1.33 bits per heavy atom. The van der Waals surface area contributed by atoms with Crippen molar-refractivity contribution in [3.63, 3.8) is 0 Å². The van der Waals surface area contributed by atoms with Gasteiger partial charge in [0.05, 0.1) is 6.42 Å². The van der Waals surface area contributed by atoms with Gasteiger partial charge in [-0.1, -0.05) is 20.3 Å². The second-order valence-corrected chi connectivity index (χ2v) is 3.18. The molecule has 0 spiro atoms. The second-order valence-electron chi connectivity index (χ2n) is 3.18. The van der Waals surface area contributed by atoms with Crippen LogP contribution in [0.2, 0.25) is 0 Å². The molecule has 0 unspecified atom stereocenters. The van der Waals surface area contributed by atoms with Crippen molar-refractivity contribution in [1.29, 1.82) is 0 Å². The van der Waals surface area contributed by atoms with Gasteiger partial charge in [0.25, 0.3) is 0 Å². The first-order chi connectivity index (χ1) is 6.86. The summed E-state index contributed by atoms with van der Waals surface area (Å²) < 4.78 is 0. The molecule has 0 saturated heterocycles. The summed E-state index contributed by atoms with van der Waals surface area (Å²) in [6.45, 7) is 3.99. The van der Waals surface area contributed by atoms with Gasteiger partial charge in [0, 0.05) is 6.54 Å². The standard InChI is InChI=1S/C6H13NO2.C3H7NO2/c1-3-4(2)5(7)6(8)9;4-2-1-3(5)6/h4-5H,3,7H2,1-2H3,(H,8,9);1-2,4H2,(H,5,6)/t4-,5-;/m0./s1. The highest BCUT2D eigenvalue weighted by molar-refractivity contribution is 5.73. The summed E-state index contributed by atoms with van der Waals surface area (Å²) in [7, 11) is 0. The Hall–Kier alpha value is -1.14. The van der Waals surface area contributed by atoms with Crippen LogP contribution in [0.25, 0.3) is 0 Å². The summed E-state index contributed by atoms with van der Waals surface area (Å²) in [5.74, 6) is -1.68. The molecule has 0 amide bonds. The van der Waals surface area contributed by atoms with Crippen molar-refractivity contribution in [3.05, 3.63) is 0 Å². The van der Waals surface area contributed by atoms with Crippen LogP contribution in [0, 0.1) is 5.92 Å². The number of hydrogen-bond donors (Lipinski definition) is 4. The topological polar surface area (TPSA) is 127 Å². The second kappa shape index (κ2) is 9.42. The molecule has 0 aromatic carbocycles. The van der Waals surface area contributed by atoms with Crippen molar-refractivity contribution >= 4 is 11.9 Å². The quantitative estimate of drug-likeness (QED) is 0.511. The van der Waals surface area contributed by atoms with E-state index < -0.39 is 18.0 Å². The maximum atomic E-state index is 10.2. The molecule has 90 valence electrons. The highest BCUT2D eigenvalue weighted by Gasteiger charge is 2.17. The molecule has 0 radical (unpaired) electrons. The third kappa shape index (κ3) is 10.8. The minimum absolute atomic E-state index is 0.0694. The molecule has 0 aliphatic rings. The first kappa shape index (κ1) is 16.3. The lowest BCUT2D eigenvalue weighted by Gasteiger charge is -2.11. The summed E-state index contributed by atoms with van der Waals surface area (Å²) in [5.41, 5.74) is 10.1. The van der Waals surface area contributed by atoms with E-state index in [4.69, 9.17) is 21.7 Å². The molecule has 0 rings (SSSR count). The molecule has 0 fully saturated rings. The molecule has 0 aliphatic heterocycles. The molecule has 0 heterocycles. The van der Waals surface area contributed by atoms with Crippen LogP contribution in [-0.2, 0) is 9.59 Å². The maximum absolute atomic E-state index is 10.2. The van der Waals surface area contributed by atoms with Crippen molar-refractivity contribution in [2.24, 2.45) is 17.4 Å². The van der Waals surface area contributed by atoms with Crippen LogP contribution in [0.4, 0.5) is 0 Å². The zero-order valence-electron chi connectivity index (χ0n) is 9.14. The van der Waals surface area contributed by atoms with Gasteiger partial charge in [-0.05, 0) is 5.92 Å². The van der Waals surface area contributed by atoms with Gasteiger partial charge in [-0.15, -0.1) is 0 Å². The Kier molecular flexibility index (Phi) is 10.2. The highest BCUT2D eigenvalue weighted by Crippen LogP contribution is 2.04. The Labute approximate surface area is 89.3 Å². The minimum atomic E-state index is -0.913. The number of carboxylic acids is 2. The third-order valence-corrected chi connectivity index (χ3v) is 1.90. The molecule has 0 saturated carbocycles. The van der Waals surface area contributed by atoms with Gasteiger partial charge in [0.15, 0.2) is 0 Å². The molecule has 6 N–H and O–H groups in total. The Bertz CT molecular complexity index is 197. The summed E-state index contributed by atoms with van der Waals surface area (Å²) in [6, 6.07) is -0.699. The fourth-order valence-corrected chi connectivity index (χ4v) is 0.621. The fraction of sp³-hybridized carbons (Fsp3) is 0.778. The van der Waals surface area contributed by atoms with E-state index in [1.165, 1.54) is 0 Å². The predicted octanol–water partition coefficient (Wildman–Crippen LogP) is -0.136. The number of rotatable bonds is 5. The van der Waals surface area contributed by atoms with Gasteiger partial charge >= 0.3 is 11.9 Å². The largest absolute Gasteiger partial charge is 0.481 e. The average molecular weight is 220 g/mol. The molecule has 0 bridgehead atoms. The van der Waals surface area contributed by atoms with Crippen LogP contribution in [-0.4, -0.2) is 34.7 Å². The smallest absolute Gasteiger partial charge is 0.320 e. The molecule has 0 aliphatic carbocycles. The van der Waals surface area contributed by atoms with E-state index in [2.05, 4.69) is 0 Å². The molecule has 2 atom stereocenters. The van der Waals surface area contributed by atoms with Crippen molar-refractivity contribution in [3.8, 4) is 0 Å². The van der Waals surface area contributed by atoms with E-state index in [9.17, 15) is 9.59 Å². The summed E-state index contributed by atoms with van der Waals surface area (Å²) >= 11 is 0. The highest BCUT2D eigenvalue weighted by atomic mass is 16.4. The Morgan fingerprint density at radius 3 is 1.87 bits per heavy atom. The van der Waals surface area contributed by atoms with Crippen molar-refractivity contribution in [1.82, 2.24) is 0 Å². The monoisotopic (exact) mass is 220 g/mol. The molecular weight excluding hydrogens is 200 g/mol. The molecule has 15 heavy (non-hydrogen) atoms. The minimum Gasteiger partial charge on any atom is -0.481 e. The first-order valence-corrected chi connectivity index (χ1v) is 4.77. The van der Waals surface area contributed by atoms with Crippen LogP contribution < -0.4 is 11.5 Å². The van der Waals surface area contributed by atoms with Crippen LogP contribution >= 0.6 is 0 Å². The summed E-state index contributed by atoms with van der Waals surface area (Å²) in [6.07, 6.45) is 0.882.